The standard InChI is InChI=1S/C17H16F3N5O2/c1-8-5-12(13-6-9(2)27-24-13)22-15-11(7-21-25(8)15)16(26)23-14(10-3-4-10)17(18,19)20/h5-7,10,14H,3-4H2,1-2H3,(H,23,26). The predicted octanol–water partition coefficient (Wildman–Crippen LogP) is 3.07. The van der Waals surface area contributed by atoms with Crippen LogP contribution in [0.15, 0.2) is 22.9 Å². The van der Waals surface area contributed by atoms with E-state index in [0.717, 1.165) is 0 Å². The van der Waals surface area contributed by atoms with Gasteiger partial charge in [0.2, 0.25) is 0 Å². The van der Waals surface area contributed by atoms with Gasteiger partial charge in [-0.2, -0.15) is 18.3 Å². The molecule has 27 heavy (non-hydrogen) atoms. The molecule has 4 rings (SSSR count). The molecule has 0 radical (unpaired) electrons. The Morgan fingerprint density at radius 3 is 2.63 bits per heavy atom. The van der Waals surface area contributed by atoms with Gasteiger partial charge in [0.25, 0.3) is 5.91 Å². The number of nitrogens with one attached hydrogen (secondary N) is 1. The number of rotatable bonds is 4. The molecule has 1 N–H and O–H groups in total. The minimum absolute atomic E-state index is 0.0185. The first-order chi connectivity index (χ1) is 12.7. The third-order valence-corrected chi connectivity index (χ3v) is 4.52. The van der Waals surface area contributed by atoms with Gasteiger partial charge in [0.1, 0.15) is 23.1 Å². The van der Waals surface area contributed by atoms with Crippen molar-refractivity contribution >= 4 is 11.6 Å². The number of alkyl halides is 3. The minimum Gasteiger partial charge on any atom is -0.361 e. The fourth-order valence-corrected chi connectivity index (χ4v) is 3.01. The van der Waals surface area contributed by atoms with Gasteiger partial charge < -0.3 is 9.84 Å². The number of carbonyl (C=O) groups is 1. The molecule has 7 nitrogen and oxygen atoms in total. The predicted molar refractivity (Wildman–Crippen MR) is 88.0 cm³/mol. The van der Waals surface area contributed by atoms with E-state index in [4.69, 9.17) is 4.52 Å². The summed E-state index contributed by atoms with van der Waals surface area (Å²) in [6.45, 7) is 3.48. The van der Waals surface area contributed by atoms with Gasteiger partial charge in [-0.05, 0) is 38.7 Å². The third-order valence-electron chi connectivity index (χ3n) is 4.52. The van der Waals surface area contributed by atoms with Gasteiger partial charge in [0, 0.05) is 11.8 Å². The number of halogens is 3. The van der Waals surface area contributed by atoms with E-state index in [0.29, 0.717) is 35.7 Å². The van der Waals surface area contributed by atoms with E-state index >= 15 is 0 Å². The maximum absolute atomic E-state index is 13.2. The molecule has 0 aromatic carbocycles. The fraction of sp³-hybridized carbons (Fsp3) is 0.412. The summed E-state index contributed by atoms with van der Waals surface area (Å²) in [6, 6.07) is 1.53. The lowest BCUT2D eigenvalue weighted by molar-refractivity contribution is -0.158. The summed E-state index contributed by atoms with van der Waals surface area (Å²) in [5, 5.41) is 10.1. The van der Waals surface area contributed by atoms with Crippen molar-refractivity contribution in [3.63, 3.8) is 0 Å². The van der Waals surface area contributed by atoms with Crippen molar-refractivity contribution in [3.05, 3.63) is 35.3 Å². The molecule has 3 aromatic rings. The van der Waals surface area contributed by atoms with Crippen LogP contribution >= 0.6 is 0 Å². The van der Waals surface area contributed by atoms with Crippen LogP contribution in [0.1, 0.15) is 34.7 Å². The van der Waals surface area contributed by atoms with Gasteiger partial charge in [0.05, 0.1) is 11.9 Å². The highest BCUT2D eigenvalue weighted by Crippen LogP contribution is 2.40. The lowest BCUT2D eigenvalue weighted by Crippen LogP contribution is -2.46. The molecule has 0 spiro atoms. The van der Waals surface area contributed by atoms with E-state index in [9.17, 15) is 18.0 Å². The van der Waals surface area contributed by atoms with Gasteiger partial charge >= 0.3 is 6.18 Å². The number of nitrogens with zero attached hydrogens (tertiary/aromatic N) is 4. The van der Waals surface area contributed by atoms with Gasteiger partial charge in [-0.3, -0.25) is 4.79 Å². The molecule has 1 aliphatic rings. The zero-order valence-corrected chi connectivity index (χ0v) is 14.5. The fourth-order valence-electron chi connectivity index (χ4n) is 3.01. The molecule has 1 amide bonds. The van der Waals surface area contributed by atoms with E-state index in [2.05, 4.69) is 20.6 Å². The van der Waals surface area contributed by atoms with E-state index in [-0.39, 0.29) is 11.2 Å². The Hall–Kier alpha value is -2.91. The van der Waals surface area contributed by atoms with Crippen molar-refractivity contribution in [1.29, 1.82) is 0 Å². The Morgan fingerprint density at radius 2 is 2.04 bits per heavy atom. The highest BCUT2D eigenvalue weighted by atomic mass is 19.4. The molecular weight excluding hydrogens is 363 g/mol. The second-order valence-electron chi connectivity index (χ2n) is 6.73. The molecule has 10 heteroatoms. The summed E-state index contributed by atoms with van der Waals surface area (Å²) in [4.78, 5) is 16.9. The molecule has 3 heterocycles. The average Bonchev–Trinajstić information content (AvgIpc) is 3.17. The van der Waals surface area contributed by atoms with Crippen molar-refractivity contribution < 1.29 is 22.5 Å². The monoisotopic (exact) mass is 379 g/mol. The molecular formula is C17H16F3N5O2. The van der Waals surface area contributed by atoms with Gasteiger partial charge in [-0.15, -0.1) is 0 Å². The van der Waals surface area contributed by atoms with Crippen molar-refractivity contribution in [3.8, 4) is 11.4 Å². The molecule has 0 saturated heterocycles. The van der Waals surface area contributed by atoms with Crippen LogP contribution in [0.4, 0.5) is 13.2 Å². The summed E-state index contributed by atoms with van der Waals surface area (Å²) < 4.78 is 46.1. The van der Waals surface area contributed by atoms with E-state index < -0.39 is 24.0 Å². The molecule has 1 saturated carbocycles. The zero-order chi connectivity index (χ0) is 19.3. The zero-order valence-electron chi connectivity index (χ0n) is 14.5. The van der Waals surface area contributed by atoms with Crippen LogP contribution < -0.4 is 5.32 Å². The quantitative estimate of drug-likeness (QED) is 0.753. The minimum atomic E-state index is -4.49. The topological polar surface area (TPSA) is 85.3 Å². The van der Waals surface area contributed by atoms with Crippen LogP contribution in [-0.2, 0) is 0 Å². The summed E-state index contributed by atoms with van der Waals surface area (Å²) in [5.74, 6) is -0.827. The van der Waals surface area contributed by atoms with Gasteiger partial charge in [0.15, 0.2) is 5.65 Å². The Labute approximate surface area is 151 Å². The summed E-state index contributed by atoms with van der Waals surface area (Å²) in [5.41, 5.74) is 1.72. The number of carbonyl (C=O) groups excluding carboxylic acids is 1. The lowest BCUT2D eigenvalue weighted by atomic mass is 10.1. The molecule has 1 atom stereocenters. The molecule has 1 unspecified atom stereocenters. The summed E-state index contributed by atoms with van der Waals surface area (Å²) >= 11 is 0. The molecule has 1 aliphatic carbocycles. The molecule has 3 aromatic heterocycles. The number of fused-ring (bicyclic) bond motifs is 1. The highest BCUT2D eigenvalue weighted by molar-refractivity contribution is 6.00. The van der Waals surface area contributed by atoms with Crippen LogP contribution in [0.2, 0.25) is 0 Å². The van der Waals surface area contributed by atoms with Gasteiger partial charge in [-0.1, -0.05) is 5.16 Å². The Kier molecular flexibility index (Phi) is 3.93. The SMILES string of the molecule is Cc1cc(-c2cc(C)n3ncc(C(=O)NC(C4CC4)C(F)(F)F)c3n2)no1. The maximum Gasteiger partial charge on any atom is 0.408 e. The van der Waals surface area contributed by atoms with E-state index in [1.54, 1.807) is 26.0 Å². The van der Waals surface area contributed by atoms with Crippen molar-refractivity contribution in [2.24, 2.45) is 5.92 Å². The second-order valence-corrected chi connectivity index (χ2v) is 6.73. The van der Waals surface area contributed by atoms with Crippen molar-refractivity contribution in [2.75, 3.05) is 0 Å². The van der Waals surface area contributed by atoms with E-state index in [1.165, 1.54) is 10.7 Å². The lowest BCUT2D eigenvalue weighted by Gasteiger charge is -2.20. The van der Waals surface area contributed by atoms with Crippen molar-refractivity contribution in [2.45, 2.75) is 38.9 Å². The Bertz CT molecular complexity index is 1020. The van der Waals surface area contributed by atoms with Crippen LogP contribution in [0.5, 0.6) is 0 Å². The van der Waals surface area contributed by atoms with Gasteiger partial charge in [-0.25, -0.2) is 9.50 Å². The number of amides is 1. The third kappa shape index (κ3) is 3.26. The van der Waals surface area contributed by atoms with Crippen LogP contribution in [0.3, 0.4) is 0 Å². The molecule has 142 valence electrons. The summed E-state index contributed by atoms with van der Waals surface area (Å²) in [6.07, 6.45) is -2.37. The van der Waals surface area contributed by atoms with Crippen LogP contribution in [0, 0.1) is 19.8 Å². The first-order valence-electron chi connectivity index (χ1n) is 8.40. The largest absolute Gasteiger partial charge is 0.408 e. The average molecular weight is 379 g/mol. The molecule has 1 fully saturated rings. The first-order valence-corrected chi connectivity index (χ1v) is 8.40. The maximum atomic E-state index is 13.2. The Balaban J connectivity index is 1.71. The Morgan fingerprint density at radius 1 is 1.30 bits per heavy atom. The number of hydrogen-bond donors (Lipinski definition) is 1. The van der Waals surface area contributed by atoms with E-state index in [1.807, 2.05) is 0 Å². The molecule has 0 bridgehead atoms. The highest BCUT2D eigenvalue weighted by Gasteiger charge is 2.49. The number of aromatic nitrogens is 4. The van der Waals surface area contributed by atoms with Crippen LogP contribution in [-0.4, -0.2) is 37.9 Å². The first kappa shape index (κ1) is 17.5. The smallest absolute Gasteiger partial charge is 0.361 e. The molecule has 0 aliphatic heterocycles. The number of aryl methyl sites for hydroxylation is 2. The van der Waals surface area contributed by atoms with Crippen molar-refractivity contribution in [1.82, 2.24) is 25.1 Å². The second kappa shape index (κ2) is 6.07. The number of hydrogen-bond acceptors (Lipinski definition) is 5. The summed E-state index contributed by atoms with van der Waals surface area (Å²) in [7, 11) is 0. The normalized spacial score (nSPS) is 15.9. The van der Waals surface area contributed by atoms with Crippen LogP contribution in [0.25, 0.3) is 17.0 Å².